The van der Waals surface area contributed by atoms with Crippen LogP contribution in [-0.2, 0) is 0 Å². The van der Waals surface area contributed by atoms with E-state index in [4.69, 9.17) is 4.42 Å². The summed E-state index contributed by atoms with van der Waals surface area (Å²) in [5.74, 6) is 0.652. The molecule has 4 aromatic rings. The van der Waals surface area contributed by atoms with Crippen LogP contribution in [0.3, 0.4) is 0 Å². The zero-order chi connectivity index (χ0) is 18.5. The van der Waals surface area contributed by atoms with E-state index in [2.05, 4.69) is 31.3 Å². The van der Waals surface area contributed by atoms with E-state index in [-0.39, 0.29) is 11.9 Å². The topological polar surface area (TPSA) is 92.3 Å². The lowest BCUT2D eigenvalue weighted by atomic mass is 9.95. The number of carbonyl (C=O) groups is 1. The van der Waals surface area contributed by atoms with Crippen molar-refractivity contribution < 1.29 is 9.21 Å². The predicted octanol–water partition coefficient (Wildman–Crippen LogP) is 2.85. The molecule has 0 spiro atoms. The van der Waals surface area contributed by atoms with Gasteiger partial charge in [0, 0.05) is 37.1 Å². The molecule has 0 aromatic carbocycles. The monoisotopic (exact) mass is 364 g/mol. The second-order valence-corrected chi connectivity index (χ2v) is 7.35. The average molecular weight is 364 g/mol. The first kappa shape index (κ1) is 16.0. The van der Waals surface area contributed by atoms with Crippen molar-refractivity contribution in [3.05, 3.63) is 48.7 Å². The number of oxazole rings is 1. The lowest BCUT2D eigenvalue weighted by Gasteiger charge is -2.23. The first-order chi connectivity index (χ1) is 13.1. The molecule has 8 nitrogen and oxygen atoms in total. The average Bonchev–Trinajstić information content (AvgIpc) is 3.43. The highest BCUT2D eigenvalue weighted by atomic mass is 16.3. The van der Waals surface area contributed by atoms with Crippen LogP contribution in [0.5, 0.6) is 0 Å². The first-order valence-electron chi connectivity index (χ1n) is 9.08. The fraction of sp³-hybridized carbons (Fsp3) is 0.368. The van der Waals surface area contributed by atoms with Crippen LogP contribution in [0.15, 0.2) is 41.7 Å². The molecule has 138 valence electrons. The second kappa shape index (κ2) is 5.94. The number of amides is 1. The smallest absolute Gasteiger partial charge is 0.275 e. The van der Waals surface area contributed by atoms with Gasteiger partial charge in [-0.15, -0.1) is 0 Å². The molecule has 1 fully saturated rings. The van der Waals surface area contributed by atoms with Crippen molar-refractivity contribution in [2.45, 2.75) is 31.7 Å². The highest BCUT2D eigenvalue weighted by Gasteiger charge is 2.38. The summed E-state index contributed by atoms with van der Waals surface area (Å²) in [4.78, 5) is 30.5. The Bertz CT molecular complexity index is 1110. The van der Waals surface area contributed by atoms with E-state index in [0.29, 0.717) is 17.5 Å². The van der Waals surface area contributed by atoms with Gasteiger partial charge >= 0.3 is 0 Å². The molecule has 4 heterocycles. The summed E-state index contributed by atoms with van der Waals surface area (Å²) in [6.45, 7) is 2.24. The zero-order valence-corrected chi connectivity index (χ0v) is 15.2. The van der Waals surface area contributed by atoms with E-state index < -0.39 is 0 Å². The number of nitrogens with one attached hydrogen (secondary N) is 1. The van der Waals surface area contributed by atoms with Crippen LogP contribution in [0.2, 0.25) is 0 Å². The Balaban J connectivity index is 1.47. The van der Waals surface area contributed by atoms with E-state index in [1.165, 1.54) is 18.4 Å². The lowest BCUT2D eigenvalue weighted by molar-refractivity contribution is 0.0726. The van der Waals surface area contributed by atoms with Crippen LogP contribution in [0.4, 0.5) is 0 Å². The van der Waals surface area contributed by atoms with Gasteiger partial charge in [-0.3, -0.25) is 9.20 Å². The molecule has 8 heteroatoms. The summed E-state index contributed by atoms with van der Waals surface area (Å²) in [5, 5.41) is 0. The first-order valence-corrected chi connectivity index (χ1v) is 9.08. The fourth-order valence-electron chi connectivity index (χ4n) is 4.36. The number of hydrogen-bond acceptors (Lipinski definition) is 5. The molecule has 0 radical (unpaired) electrons. The lowest BCUT2D eigenvalue weighted by Crippen LogP contribution is -2.35. The Kier molecular flexibility index (Phi) is 3.53. The number of fused-ring (bicyclic) bond motifs is 3. The molecule has 27 heavy (non-hydrogen) atoms. The molecule has 3 atom stereocenters. The van der Waals surface area contributed by atoms with Crippen LogP contribution in [0.1, 0.15) is 41.9 Å². The summed E-state index contributed by atoms with van der Waals surface area (Å²) in [6, 6.07) is 2.18. The van der Waals surface area contributed by atoms with Crippen LogP contribution in [0, 0.1) is 5.92 Å². The van der Waals surface area contributed by atoms with Gasteiger partial charge < -0.3 is 14.3 Å². The van der Waals surface area contributed by atoms with Gasteiger partial charge in [-0.1, -0.05) is 6.92 Å². The third kappa shape index (κ3) is 2.43. The molecule has 1 aliphatic rings. The largest absolute Gasteiger partial charge is 0.451 e. The summed E-state index contributed by atoms with van der Waals surface area (Å²) in [6.07, 6.45) is 10.2. The molecule has 0 bridgehead atoms. The number of carbonyl (C=O) groups excluding carboxylic acids is 1. The third-order valence-corrected chi connectivity index (χ3v) is 5.83. The number of rotatable bonds is 3. The summed E-state index contributed by atoms with van der Waals surface area (Å²) in [7, 11) is 1.85. The SMILES string of the molecule is C[C@@H]1C[C@H](N(C)C(=O)c2cocn2)C[C@@H]1c1cnc2cnc3[nH]ccc3n12. The van der Waals surface area contributed by atoms with E-state index in [9.17, 15) is 4.79 Å². The molecule has 4 aromatic heterocycles. The Hall–Kier alpha value is -3.16. The molecule has 1 N–H and O–H groups in total. The molecule has 0 aliphatic heterocycles. The van der Waals surface area contributed by atoms with E-state index in [1.807, 2.05) is 25.5 Å². The van der Waals surface area contributed by atoms with Crippen molar-refractivity contribution in [1.82, 2.24) is 29.2 Å². The van der Waals surface area contributed by atoms with Crippen LogP contribution < -0.4 is 0 Å². The van der Waals surface area contributed by atoms with Crippen molar-refractivity contribution >= 4 is 22.7 Å². The van der Waals surface area contributed by atoms with Crippen molar-refractivity contribution in [2.75, 3.05) is 7.05 Å². The highest BCUT2D eigenvalue weighted by molar-refractivity contribution is 5.92. The Morgan fingerprint density at radius 1 is 1.30 bits per heavy atom. The Morgan fingerprint density at radius 3 is 3.00 bits per heavy atom. The molecule has 1 saturated carbocycles. The Labute approximate surface area is 155 Å². The Morgan fingerprint density at radius 2 is 2.19 bits per heavy atom. The van der Waals surface area contributed by atoms with Gasteiger partial charge in [0.25, 0.3) is 5.91 Å². The van der Waals surface area contributed by atoms with Gasteiger partial charge in [0.1, 0.15) is 6.26 Å². The van der Waals surface area contributed by atoms with Crippen LogP contribution in [-0.4, -0.2) is 48.2 Å². The number of aromatic nitrogens is 5. The zero-order valence-electron chi connectivity index (χ0n) is 15.2. The second-order valence-electron chi connectivity index (χ2n) is 7.35. The summed E-state index contributed by atoms with van der Waals surface area (Å²) < 4.78 is 7.13. The van der Waals surface area contributed by atoms with E-state index in [0.717, 1.165) is 29.7 Å². The minimum absolute atomic E-state index is 0.100. The van der Waals surface area contributed by atoms with Crippen LogP contribution >= 0.6 is 0 Å². The van der Waals surface area contributed by atoms with Gasteiger partial charge in [-0.2, -0.15) is 0 Å². The number of aromatic amines is 1. The standard InChI is InChI=1S/C19H20N6O2/c1-11-5-12(24(2)19(26)14-9-27-10-23-14)6-13(11)16-7-21-17-8-22-18-15(25(16)17)3-4-20-18/h3-4,7-13,20H,5-6H2,1-2H3/t11-,12+,13+/m1/s1. The number of H-pyrrole nitrogens is 1. The van der Waals surface area contributed by atoms with Crippen molar-refractivity contribution in [3.63, 3.8) is 0 Å². The van der Waals surface area contributed by atoms with Gasteiger partial charge in [0.15, 0.2) is 23.4 Å². The molecular formula is C19H20N6O2. The van der Waals surface area contributed by atoms with E-state index in [1.54, 1.807) is 11.1 Å². The minimum Gasteiger partial charge on any atom is -0.451 e. The minimum atomic E-state index is -0.100. The number of imidazole rings is 1. The summed E-state index contributed by atoms with van der Waals surface area (Å²) >= 11 is 0. The normalized spacial score (nSPS) is 22.7. The summed E-state index contributed by atoms with van der Waals surface area (Å²) in [5.41, 5.74) is 4.25. The molecule has 1 aliphatic carbocycles. The van der Waals surface area contributed by atoms with E-state index >= 15 is 0 Å². The number of hydrogen-bond donors (Lipinski definition) is 1. The van der Waals surface area contributed by atoms with Gasteiger partial charge in [0.05, 0.1) is 11.7 Å². The molecule has 1 amide bonds. The quantitative estimate of drug-likeness (QED) is 0.603. The van der Waals surface area contributed by atoms with Crippen molar-refractivity contribution in [1.29, 1.82) is 0 Å². The van der Waals surface area contributed by atoms with Gasteiger partial charge in [0.2, 0.25) is 0 Å². The number of nitrogens with zero attached hydrogens (tertiary/aromatic N) is 5. The van der Waals surface area contributed by atoms with Crippen molar-refractivity contribution in [2.24, 2.45) is 5.92 Å². The highest BCUT2D eigenvalue weighted by Crippen LogP contribution is 2.42. The third-order valence-electron chi connectivity index (χ3n) is 5.83. The predicted molar refractivity (Wildman–Crippen MR) is 98.4 cm³/mol. The van der Waals surface area contributed by atoms with Gasteiger partial charge in [-0.25, -0.2) is 15.0 Å². The van der Waals surface area contributed by atoms with Crippen molar-refractivity contribution in [3.8, 4) is 0 Å². The molecule has 0 saturated heterocycles. The van der Waals surface area contributed by atoms with Gasteiger partial charge in [-0.05, 0) is 24.8 Å². The maximum Gasteiger partial charge on any atom is 0.275 e. The van der Waals surface area contributed by atoms with Crippen LogP contribution in [0.25, 0.3) is 16.8 Å². The maximum atomic E-state index is 12.6. The fourth-order valence-corrected chi connectivity index (χ4v) is 4.36. The molecular weight excluding hydrogens is 344 g/mol. The molecule has 5 rings (SSSR count). The maximum absolute atomic E-state index is 12.6. The molecule has 0 unspecified atom stereocenters.